The number of ether oxygens (including phenoxy) is 1. The summed E-state index contributed by atoms with van der Waals surface area (Å²) in [4.78, 5) is 0. The third kappa shape index (κ3) is 3.35. The highest BCUT2D eigenvalue weighted by molar-refractivity contribution is 5.36. The predicted octanol–water partition coefficient (Wildman–Crippen LogP) is 4.72. The molecule has 1 fully saturated rings. The zero-order valence-corrected chi connectivity index (χ0v) is 13.2. The molecule has 0 aliphatic heterocycles. The van der Waals surface area contributed by atoms with Gasteiger partial charge in [0.05, 0.1) is 12.2 Å². The molecule has 1 aromatic rings. The van der Waals surface area contributed by atoms with Crippen LogP contribution in [-0.2, 0) is 0 Å². The Bertz CT molecular complexity index is 437. The molecule has 20 heavy (non-hydrogen) atoms. The fourth-order valence-electron chi connectivity index (χ4n) is 3.41. The predicted molar refractivity (Wildman–Crippen MR) is 82.9 cm³/mol. The molecule has 1 saturated carbocycles. The third-order valence-electron chi connectivity index (χ3n) is 4.57. The molecular formula is C18H28O2. The summed E-state index contributed by atoms with van der Waals surface area (Å²) in [5, 5.41) is 10.9. The van der Waals surface area contributed by atoms with Gasteiger partial charge in [-0.1, -0.05) is 44.9 Å². The van der Waals surface area contributed by atoms with E-state index in [1.165, 1.54) is 19.3 Å². The Morgan fingerprint density at radius 2 is 1.90 bits per heavy atom. The van der Waals surface area contributed by atoms with Crippen LogP contribution in [0.5, 0.6) is 5.75 Å². The number of benzene rings is 1. The Kier molecular flexibility index (Phi) is 4.74. The number of aliphatic hydroxyl groups excluding tert-OH is 1. The fraction of sp³-hybridized carbons (Fsp3) is 0.667. The maximum atomic E-state index is 10.9. The molecule has 2 nitrogen and oxygen atoms in total. The van der Waals surface area contributed by atoms with Crippen molar-refractivity contribution in [1.82, 2.24) is 0 Å². The van der Waals surface area contributed by atoms with Crippen LogP contribution in [0.1, 0.15) is 65.0 Å². The lowest BCUT2D eigenvalue weighted by Crippen LogP contribution is -2.32. The van der Waals surface area contributed by atoms with E-state index < -0.39 is 6.10 Å². The van der Waals surface area contributed by atoms with E-state index in [2.05, 4.69) is 13.8 Å². The standard InChI is InChI=1S/C18H28O2/c1-13(2)20-16-11-6-5-9-14(16)17(19)15-10-7-8-12-18(15,3)4/h5-6,9,11,13,15,17,19H,7-8,10,12H2,1-4H3. The summed E-state index contributed by atoms with van der Waals surface area (Å²) in [6, 6.07) is 7.93. The molecule has 0 amide bonds. The van der Waals surface area contributed by atoms with E-state index in [1.807, 2.05) is 38.1 Å². The monoisotopic (exact) mass is 276 g/mol. The number of para-hydroxylation sites is 1. The fourth-order valence-corrected chi connectivity index (χ4v) is 3.41. The van der Waals surface area contributed by atoms with Gasteiger partial charge in [-0.15, -0.1) is 0 Å². The van der Waals surface area contributed by atoms with E-state index in [4.69, 9.17) is 4.74 Å². The van der Waals surface area contributed by atoms with E-state index in [9.17, 15) is 5.11 Å². The van der Waals surface area contributed by atoms with Crippen LogP contribution in [0.2, 0.25) is 0 Å². The zero-order chi connectivity index (χ0) is 14.8. The van der Waals surface area contributed by atoms with Crippen molar-refractivity contribution in [2.75, 3.05) is 0 Å². The molecule has 1 aromatic carbocycles. The van der Waals surface area contributed by atoms with Crippen LogP contribution in [-0.4, -0.2) is 11.2 Å². The smallest absolute Gasteiger partial charge is 0.125 e. The lowest BCUT2D eigenvalue weighted by molar-refractivity contribution is 0.00200. The van der Waals surface area contributed by atoms with Gasteiger partial charge in [0.1, 0.15) is 5.75 Å². The van der Waals surface area contributed by atoms with Gasteiger partial charge in [0.15, 0.2) is 0 Å². The van der Waals surface area contributed by atoms with Gasteiger partial charge in [-0.3, -0.25) is 0 Å². The first kappa shape index (κ1) is 15.4. The quantitative estimate of drug-likeness (QED) is 0.862. The van der Waals surface area contributed by atoms with Crippen molar-refractivity contribution < 1.29 is 9.84 Å². The van der Waals surface area contributed by atoms with Crippen LogP contribution in [0, 0.1) is 11.3 Å². The molecule has 112 valence electrons. The van der Waals surface area contributed by atoms with Gasteiger partial charge in [0.25, 0.3) is 0 Å². The first-order valence-electron chi connectivity index (χ1n) is 7.85. The first-order valence-corrected chi connectivity index (χ1v) is 7.85. The number of hydrogen-bond acceptors (Lipinski definition) is 2. The van der Waals surface area contributed by atoms with Gasteiger partial charge in [-0.25, -0.2) is 0 Å². The Labute approximate surface area is 123 Å². The van der Waals surface area contributed by atoms with Gasteiger partial charge < -0.3 is 9.84 Å². The lowest BCUT2D eigenvalue weighted by Gasteiger charge is -2.41. The highest BCUT2D eigenvalue weighted by Gasteiger charge is 2.38. The molecule has 2 heteroatoms. The lowest BCUT2D eigenvalue weighted by atomic mass is 9.65. The van der Waals surface area contributed by atoms with E-state index >= 15 is 0 Å². The maximum Gasteiger partial charge on any atom is 0.125 e. The highest BCUT2D eigenvalue weighted by atomic mass is 16.5. The molecule has 0 spiro atoms. The average molecular weight is 276 g/mol. The second kappa shape index (κ2) is 6.17. The Morgan fingerprint density at radius 1 is 1.20 bits per heavy atom. The highest BCUT2D eigenvalue weighted by Crippen LogP contribution is 2.48. The third-order valence-corrected chi connectivity index (χ3v) is 4.57. The van der Waals surface area contributed by atoms with Crippen molar-refractivity contribution >= 4 is 0 Å². The van der Waals surface area contributed by atoms with Crippen LogP contribution in [0.4, 0.5) is 0 Å². The summed E-state index contributed by atoms with van der Waals surface area (Å²) in [5.74, 6) is 1.14. The molecule has 2 rings (SSSR count). The van der Waals surface area contributed by atoms with Crippen molar-refractivity contribution in [2.45, 2.75) is 65.6 Å². The molecule has 0 heterocycles. The minimum atomic E-state index is -0.430. The van der Waals surface area contributed by atoms with Gasteiger partial charge in [0.2, 0.25) is 0 Å². The van der Waals surface area contributed by atoms with Crippen molar-refractivity contribution in [2.24, 2.45) is 11.3 Å². The molecule has 1 aliphatic carbocycles. The van der Waals surface area contributed by atoms with Gasteiger partial charge in [-0.05, 0) is 44.1 Å². The van der Waals surface area contributed by atoms with Crippen molar-refractivity contribution in [3.8, 4) is 5.75 Å². The van der Waals surface area contributed by atoms with E-state index in [-0.39, 0.29) is 11.5 Å². The normalized spacial score (nSPS) is 23.6. The molecule has 1 N–H and O–H groups in total. The maximum absolute atomic E-state index is 10.9. The van der Waals surface area contributed by atoms with E-state index in [1.54, 1.807) is 0 Å². The minimum Gasteiger partial charge on any atom is -0.491 e. The van der Waals surface area contributed by atoms with Crippen LogP contribution < -0.4 is 4.74 Å². The number of rotatable bonds is 4. The van der Waals surface area contributed by atoms with E-state index in [0.717, 1.165) is 17.7 Å². The summed E-state index contributed by atoms with van der Waals surface area (Å²) in [5.41, 5.74) is 1.14. The Balaban J connectivity index is 2.26. The second-order valence-corrected chi connectivity index (χ2v) is 6.99. The largest absolute Gasteiger partial charge is 0.491 e. The van der Waals surface area contributed by atoms with E-state index in [0.29, 0.717) is 5.92 Å². The molecule has 1 aliphatic rings. The number of aliphatic hydroxyl groups is 1. The van der Waals surface area contributed by atoms with Gasteiger partial charge in [-0.2, -0.15) is 0 Å². The summed E-state index contributed by atoms with van der Waals surface area (Å²) in [7, 11) is 0. The molecular weight excluding hydrogens is 248 g/mol. The average Bonchev–Trinajstić information content (AvgIpc) is 2.37. The molecule has 2 unspecified atom stereocenters. The minimum absolute atomic E-state index is 0.128. The van der Waals surface area contributed by atoms with Crippen LogP contribution in [0.3, 0.4) is 0 Å². The van der Waals surface area contributed by atoms with Crippen LogP contribution in [0.25, 0.3) is 0 Å². The van der Waals surface area contributed by atoms with Crippen molar-refractivity contribution in [3.63, 3.8) is 0 Å². The summed E-state index contributed by atoms with van der Waals surface area (Å²) >= 11 is 0. The number of hydrogen-bond donors (Lipinski definition) is 1. The zero-order valence-electron chi connectivity index (χ0n) is 13.2. The van der Waals surface area contributed by atoms with Crippen molar-refractivity contribution in [1.29, 1.82) is 0 Å². The van der Waals surface area contributed by atoms with Crippen LogP contribution in [0.15, 0.2) is 24.3 Å². The molecule has 2 atom stereocenters. The molecule has 0 aromatic heterocycles. The second-order valence-electron chi connectivity index (χ2n) is 6.99. The molecule has 0 saturated heterocycles. The van der Waals surface area contributed by atoms with Crippen molar-refractivity contribution in [3.05, 3.63) is 29.8 Å². The molecule has 0 bridgehead atoms. The Hall–Kier alpha value is -1.02. The summed E-state index contributed by atoms with van der Waals surface area (Å²) < 4.78 is 5.87. The summed E-state index contributed by atoms with van der Waals surface area (Å²) in [6.07, 6.45) is 4.49. The first-order chi connectivity index (χ1) is 9.42. The van der Waals surface area contributed by atoms with Crippen LogP contribution >= 0.6 is 0 Å². The Morgan fingerprint density at radius 3 is 2.55 bits per heavy atom. The molecule has 0 radical (unpaired) electrons. The summed E-state index contributed by atoms with van der Waals surface area (Å²) in [6.45, 7) is 8.61. The van der Waals surface area contributed by atoms with Gasteiger partial charge >= 0.3 is 0 Å². The van der Waals surface area contributed by atoms with Gasteiger partial charge in [0, 0.05) is 5.56 Å². The SMILES string of the molecule is CC(C)Oc1ccccc1C(O)C1CCCCC1(C)C. The topological polar surface area (TPSA) is 29.5 Å².